The molecule has 186 valence electrons. The fraction of sp³-hybridized carbons (Fsp3) is 0.429. The van der Waals surface area contributed by atoms with Gasteiger partial charge in [0.15, 0.2) is 5.57 Å². The largest absolute Gasteiger partial charge is 0.419 e. The third kappa shape index (κ3) is 7.52. The molecule has 13 heteroatoms. The number of hydrogen-bond acceptors (Lipinski definition) is 11. The molecule has 0 saturated carbocycles. The van der Waals surface area contributed by atoms with E-state index in [1.165, 1.54) is 32.0 Å². The number of hydrogen-bond donors (Lipinski definition) is 7. The Morgan fingerprint density at radius 3 is 1.76 bits per heavy atom. The number of anilines is 1. The quantitative estimate of drug-likeness (QED) is 0.110. The van der Waals surface area contributed by atoms with E-state index in [0.29, 0.717) is 0 Å². The van der Waals surface area contributed by atoms with Gasteiger partial charge in [-0.3, -0.25) is 9.59 Å². The molecule has 1 aliphatic rings. The monoisotopic (exact) mass is 481 g/mol. The van der Waals surface area contributed by atoms with Crippen LogP contribution in [0.25, 0.3) is 0 Å². The average molecular weight is 481 g/mol. The van der Waals surface area contributed by atoms with Crippen molar-refractivity contribution in [3.8, 4) is 0 Å². The van der Waals surface area contributed by atoms with Crippen LogP contribution in [0.4, 0.5) is 5.69 Å². The Morgan fingerprint density at radius 2 is 1.35 bits per heavy atom. The van der Waals surface area contributed by atoms with Gasteiger partial charge in [-0.25, -0.2) is 9.59 Å². The molecule has 7 N–H and O–H groups in total. The summed E-state index contributed by atoms with van der Waals surface area (Å²) in [5, 5.41) is 44.1. The Balaban J connectivity index is 2.30. The number of carbonyl (C=O) groups is 4. The first-order valence-corrected chi connectivity index (χ1v) is 10.2. The molecular formula is C21H27N3O10. The van der Waals surface area contributed by atoms with Crippen LogP contribution in [0.2, 0.25) is 0 Å². The SMILES string of the molecule is CC1(C)OC(=O)C(=CNc2cc(C(=O)NCC(O)CO)cc(C(=O)NCC(O)CO)c2)C(=O)O1. The predicted octanol–water partition coefficient (Wildman–Crippen LogP) is -2.02. The summed E-state index contributed by atoms with van der Waals surface area (Å²) in [6, 6.07) is 3.84. The van der Waals surface area contributed by atoms with Gasteiger partial charge in [0.25, 0.3) is 17.6 Å². The van der Waals surface area contributed by atoms with E-state index in [1.54, 1.807) is 0 Å². The number of nitrogens with one attached hydrogen (secondary N) is 3. The summed E-state index contributed by atoms with van der Waals surface area (Å²) in [6.45, 7) is 1.13. The third-order valence-corrected chi connectivity index (χ3v) is 4.38. The van der Waals surface area contributed by atoms with Crippen molar-refractivity contribution in [1.29, 1.82) is 0 Å². The summed E-state index contributed by atoms with van der Waals surface area (Å²) in [7, 11) is 0. The second-order valence-corrected chi connectivity index (χ2v) is 7.77. The van der Waals surface area contributed by atoms with Crippen LogP contribution >= 0.6 is 0 Å². The normalized spacial score (nSPS) is 16.6. The molecule has 34 heavy (non-hydrogen) atoms. The highest BCUT2D eigenvalue weighted by Gasteiger charge is 2.39. The topological polar surface area (TPSA) is 204 Å². The van der Waals surface area contributed by atoms with E-state index in [9.17, 15) is 29.4 Å². The van der Waals surface area contributed by atoms with Gasteiger partial charge in [-0.2, -0.15) is 0 Å². The van der Waals surface area contributed by atoms with Crippen LogP contribution in [0.1, 0.15) is 34.6 Å². The molecule has 13 nitrogen and oxygen atoms in total. The number of cyclic esters (lactones) is 2. The minimum absolute atomic E-state index is 0.0312. The number of aliphatic hydroxyl groups is 4. The maximum Gasteiger partial charge on any atom is 0.350 e. The third-order valence-electron chi connectivity index (χ3n) is 4.38. The van der Waals surface area contributed by atoms with Crippen molar-refractivity contribution < 1.29 is 49.1 Å². The molecule has 1 aliphatic heterocycles. The van der Waals surface area contributed by atoms with Gasteiger partial charge in [0.2, 0.25) is 0 Å². The van der Waals surface area contributed by atoms with Crippen LogP contribution < -0.4 is 16.0 Å². The number of carbonyl (C=O) groups excluding carboxylic acids is 4. The van der Waals surface area contributed by atoms with Crippen molar-refractivity contribution in [3.63, 3.8) is 0 Å². The molecule has 0 aliphatic carbocycles. The van der Waals surface area contributed by atoms with Crippen LogP contribution in [0.15, 0.2) is 30.0 Å². The van der Waals surface area contributed by atoms with Crippen LogP contribution in [-0.4, -0.2) is 88.5 Å². The van der Waals surface area contributed by atoms with Gasteiger partial charge in [-0.1, -0.05) is 0 Å². The Hall–Kier alpha value is -3.52. The van der Waals surface area contributed by atoms with E-state index in [0.717, 1.165) is 6.20 Å². The van der Waals surface area contributed by atoms with Crippen molar-refractivity contribution in [1.82, 2.24) is 10.6 Å². The Kier molecular flexibility index (Phi) is 9.09. The summed E-state index contributed by atoms with van der Waals surface area (Å²) >= 11 is 0. The molecule has 1 saturated heterocycles. The maximum atomic E-state index is 12.5. The summed E-state index contributed by atoms with van der Waals surface area (Å²) < 4.78 is 9.98. The molecular weight excluding hydrogens is 454 g/mol. The lowest BCUT2D eigenvalue weighted by atomic mass is 10.1. The van der Waals surface area contributed by atoms with Crippen LogP contribution in [-0.2, 0) is 19.1 Å². The fourth-order valence-electron chi connectivity index (χ4n) is 2.66. The first-order chi connectivity index (χ1) is 16.0. The summed E-state index contributed by atoms with van der Waals surface area (Å²) in [4.78, 5) is 49.2. The molecule has 1 aromatic carbocycles. The minimum Gasteiger partial charge on any atom is -0.419 e. The summed E-state index contributed by atoms with van der Waals surface area (Å²) in [6.07, 6.45) is -1.38. The molecule has 0 aromatic heterocycles. The number of ether oxygens (including phenoxy) is 2. The Morgan fingerprint density at radius 1 is 0.912 bits per heavy atom. The zero-order valence-electron chi connectivity index (χ0n) is 18.5. The van der Waals surface area contributed by atoms with Crippen LogP contribution in [0.5, 0.6) is 0 Å². The molecule has 1 aromatic rings. The van der Waals surface area contributed by atoms with E-state index < -0.39 is 60.5 Å². The molecule has 1 fully saturated rings. The van der Waals surface area contributed by atoms with Gasteiger partial charge in [0.1, 0.15) is 0 Å². The van der Waals surface area contributed by atoms with E-state index in [2.05, 4.69) is 16.0 Å². The number of rotatable bonds is 10. The molecule has 2 atom stereocenters. The molecule has 0 radical (unpaired) electrons. The molecule has 0 bridgehead atoms. The Bertz CT molecular complexity index is 909. The van der Waals surface area contributed by atoms with E-state index in [4.69, 9.17) is 19.7 Å². The van der Waals surface area contributed by atoms with Crippen molar-refractivity contribution >= 4 is 29.4 Å². The van der Waals surface area contributed by atoms with Gasteiger partial charge in [-0.15, -0.1) is 0 Å². The molecule has 1 heterocycles. The smallest absolute Gasteiger partial charge is 0.350 e. The van der Waals surface area contributed by atoms with E-state index in [-0.39, 0.29) is 29.9 Å². The fourth-order valence-corrected chi connectivity index (χ4v) is 2.66. The molecule has 2 rings (SSSR count). The number of esters is 2. The first-order valence-electron chi connectivity index (χ1n) is 10.2. The number of benzene rings is 1. The van der Waals surface area contributed by atoms with Gasteiger partial charge in [0.05, 0.1) is 25.4 Å². The zero-order chi connectivity index (χ0) is 25.5. The lowest BCUT2D eigenvalue weighted by Gasteiger charge is -2.29. The first kappa shape index (κ1) is 26.7. The molecule has 2 unspecified atom stereocenters. The van der Waals surface area contributed by atoms with Crippen molar-refractivity contribution in [2.45, 2.75) is 31.8 Å². The van der Waals surface area contributed by atoms with E-state index >= 15 is 0 Å². The van der Waals surface area contributed by atoms with Crippen LogP contribution in [0, 0.1) is 0 Å². The van der Waals surface area contributed by atoms with Gasteiger partial charge in [0, 0.05) is 50.0 Å². The van der Waals surface area contributed by atoms with Crippen molar-refractivity contribution in [3.05, 3.63) is 41.1 Å². The summed E-state index contributed by atoms with van der Waals surface area (Å²) in [5.41, 5.74) is -0.383. The second-order valence-electron chi connectivity index (χ2n) is 7.77. The highest BCUT2D eigenvalue weighted by Crippen LogP contribution is 2.23. The average Bonchev–Trinajstić information content (AvgIpc) is 2.78. The number of amides is 2. The standard InChI is InChI=1S/C21H27N3O10/c1-21(2)33-19(31)16(20(32)34-21)8-22-13-4-11(17(29)23-6-14(27)9-25)3-12(5-13)18(30)24-7-15(28)10-26/h3-5,8,14-15,22,25-28H,6-7,9-10H2,1-2H3,(H,23,29)(H,24,30). The van der Waals surface area contributed by atoms with Gasteiger partial charge < -0.3 is 45.9 Å². The van der Waals surface area contributed by atoms with Crippen molar-refractivity contribution in [2.24, 2.45) is 0 Å². The minimum atomic E-state index is -1.42. The predicted molar refractivity (Wildman–Crippen MR) is 115 cm³/mol. The molecule has 2 amide bonds. The van der Waals surface area contributed by atoms with Gasteiger partial charge >= 0.3 is 11.9 Å². The lowest BCUT2D eigenvalue weighted by Crippen LogP contribution is -2.42. The molecule has 0 spiro atoms. The highest BCUT2D eigenvalue weighted by atomic mass is 16.7. The number of aliphatic hydroxyl groups excluding tert-OH is 4. The van der Waals surface area contributed by atoms with Gasteiger partial charge in [-0.05, 0) is 18.2 Å². The lowest BCUT2D eigenvalue weighted by molar-refractivity contribution is -0.222. The summed E-state index contributed by atoms with van der Waals surface area (Å²) in [5.74, 6) is -4.67. The second kappa shape index (κ2) is 11.6. The maximum absolute atomic E-state index is 12.5. The van der Waals surface area contributed by atoms with Crippen LogP contribution in [0.3, 0.4) is 0 Å². The van der Waals surface area contributed by atoms with E-state index in [1.807, 2.05) is 0 Å². The van der Waals surface area contributed by atoms with Crippen molar-refractivity contribution in [2.75, 3.05) is 31.6 Å². The Labute approximate surface area is 194 Å². The zero-order valence-corrected chi connectivity index (χ0v) is 18.5. The highest BCUT2D eigenvalue weighted by molar-refractivity contribution is 6.15.